The molecule has 33 heavy (non-hydrogen) atoms. The van der Waals surface area contributed by atoms with Crippen LogP contribution in [-0.2, 0) is 4.74 Å². The van der Waals surface area contributed by atoms with Gasteiger partial charge in [-0.3, -0.25) is 0 Å². The molecule has 1 N–H and O–H groups in total. The third-order valence-electron chi connectivity index (χ3n) is 11.5. The van der Waals surface area contributed by atoms with Crippen LogP contribution in [0.1, 0.15) is 106 Å². The summed E-state index contributed by atoms with van der Waals surface area (Å²) in [5.41, 5.74) is 5.16. The summed E-state index contributed by atoms with van der Waals surface area (Å²) < 4.78 is 6.23. The fourth-order valence-electron chi connectivity index (χ4n) is 9.32. The fraction of sp³-hybridized carbons (Fsp3) is 0.871. The van der Waals surface area contributed by atoms with E-state index in [1.165, 1.54) is 44.9 Å². The molecule has 3 saturated carbocycles. The number of hydrogen-bond acceptors (Lipinski definition) is 2. The number of fused-ring (bicyclic) bond motifs is 4. The van der Waals surface area contributed by atoms with Gasteiger partial charge in [-0.25, -0.2) is 0 Å². The number of rotatable bonds is 7. The lowest BCUT2D eigenvalue weighted by Gasteiger charge is -2.59. The Kier molecular flexibility index (Phi) is 7.30. The van der Waals surface area contributed by atoms with Crippen molar-refractivity contribution in [3.05, 3.63) is 23.3 Å². The molecule has 0 saturated heterocycles. The highest BCUT2D eigenvalue weighted by molar-refractivity contribution is 5.39. The van der Waals surface area contributed by atoms with Crippen molar-refractivity contribution in [1.82, 2.24) is 0 Å². The van der Waals surface area contributed by atoms with Crippen molar-refractivity contribution >= 4 is 0 Å². The first-order valence-corrected chi connectivity index (χ1v) is 14.2. The van der Waals surface area contributed by atoms with Gasteiger partial charge in [-0.2, -0.15) is 0 Å². The molecule has 2 heteroatoms. The summed E-state index contributed by atoms with van der Waals surface area (Å²) in [5, 5.41) is 10.6. The number of aliphatic hydroxyl groups is 1. The maximum Gasteiger partial charge on any atom is 0.0792 e. The predicted molar refractivity (Wildman–Crippen MR) is 139 cm³/mol. The second-order valence-corrected chi connectivity index (χ2v) is 13.2. The van der Waals surface area contributed by atoms with Crippen LogP contribution in [0.15, 0.2) is 23.3 Å². The average Bonchev–Trinajstić information content (AvgIpc) is 3.13. The van der Waals surface area contributed by atoms with Crippen molar-refractivity contribution in [2.75, 3.05) is 7.11 Å². The largest absolute Gasteiger partial charge is 0.389 e. The molecule has 4 aliphatic carbocycles. The minimum Gasteiger partial charge on any atom is -0.389 e. The van der Waals surface area contributed by atoms with Crippen LogP contribution < -0.4 is 0 Å². The summed E-state index contributed by atoms with van der Waals surface area (Å²) in [4.78, 5) is 0. The highest BCUT2D eigenvalue weighted by Crippen LogP contribution is 2.66. The van der Waals surface area contributed by atoms with E-state index in [9.17, 15) is 5.11 Å². The lowest BCUT2D eigenvalue weighted by atomic mass is 9.47. The second-order valence-electron chi connectivity index (χ2n) is 13.2. The van der Waals surface area contributed by atoms with Crippen LogP contribution in [0.2, 0.25) is 0 Å². The van der Waals surface area contributed by atoms with E-state index in [1.807, 2.05) is 7.11 Å². The van der Waals surface area contributed by atoms with Crippen LogP contribution in [0.25, 0.3) is 0 Å². The van der Waals surface area contributed by atoms with Crippen LogP contribution in [0.5, 0.6) is 0 Å². The van der Waals surface area contributed by atoms with Gasteiger partial charge in [0.05, 0.1) is 12.2 Å². The van der Waals surface area contributed by atoms with Crippen LogP contribution in [0.4, 0.5) is 0 Å². The zero-order chi connectivity index (χ0) is 24.1. The van der Waals surface area contributed by atoms with Crippen molar-refractivity contribution in [3.63, 3.8) is 0 Å². The van der Waals surface area contributed by atoms with E-state index in [4.69, 9.17) is 4.74 Å². The Labute approximate surface area is 204 Å². The molecular formula is C31H52O2. The second kappa shape index (κ2) is 9.45. The molecule has 0 spiro atoms. The SMILES string of the molecule is C=C1[C@@H](O)CC[C@@]2(C)[C@H]1C[C@@H](OC)C1=C3CC[C@H]([C@H](C)CC[C@H](CC)C(C)C)[C@@]3(C)CC[C@@H]12. The molecule has 0 heterocycles. The lowest BCUT2D eigenvalue weighted by Crippen LogP contribution is -2.53. The Morgan fingerprint density at radius 2 is 1.79 bits per heavy atom. The molecule has 4 aliphatic rings. The van der Waals surface area contributed by atoms with Crippen molar-refractivity contribution in [1.29, 1.82) is 0 Å². The highest BCUT2D eigenvalue weighted by atomic mass is 16.5. The summed E-state index contributed by atoms with van der Waals surface area (Å²) in [6.07, 6.45) is 12.3. The van der Waals surface area contributed by atoms with E-state index >= 15 is 0 Å². The fourth-order valence-corrected chi connectivity index (χ4v) is 9.32. The van der Waals surface area contributed by atoms with Gasteiger partial charge in [0.25, 0.3) is 0 Å². The molecule has 0 bridgehead atoms. The van der Waals surface area contributed by atoms with E-state index in [0.717, 1.165) is 48.5 Å². The van der Waals surface area contributed by atoms with Gasteiger partial charge in [0, 0.05) is 7.11 Å². The molecule has 3 fully saturated rings. The van der Waals surface area contributed by atoms with E-state index in [1.54, 1.807) is 11.1 Å². The number of methoxy groups -OCH3 is 1. The summed E-state index contributed by atoms with van der Waals surface area (Å²) in [6.45, 7) is 19.2. The number of ether oxygens (including phenoxy) is 1. The number of hydrogen-bond donors (Lipinski definition) is 1. The van der Waals surface area contributed by atoms with Crippen molar-refractivity contribution in [2.24, 2.45) is 46.3 Å². The molecule has 4 rings (SSSR count). The summed E-state index contributed by atoms with van der Waals surface area (Å²) in [7, 11) is 1.91. The molecule has 0 radical (unpaired) electrons. The third kappa shape index (κ3) is 4.10. The van der Waals surface area contributed by atoms with Gasteiger partial charge in [-0.15, -0.1) is 0 Å². The number of aliphatic hydroxyl groups excluding tert-OH is 1. The van der Waals surface area contributed by atoms with Gasteiger partial charge in [-0.1, -0.05) is 66.5 Å². The minimum absolute atomic E-state index is 0.212. The molecule has 0 unspecified atom stereocenters. The topological polar surface area (TPSA) is 29.5 Å². The highest BCUT2D eigenvalue weighted by Gasteiger charge is 2.58. The van der Waals surface area contributed by atoms with Gasteiger partial charge >= 0.3 is 0 Å². The van der Waals surface area contributed by atoms with Gasteiger partial charge in [-0.05, 0) is 109 Å². The molecule has 188 valence electrons. The normalized spacial score (nSPS) is 42.7. The van der Waals surface area contributed by atoms with E-state index in [0.29, 0.717) is 17.3 Å². The average molecular weight is 457 g/mol. The Balaban J connectivity index is 1.61. The minimum atomic E-state index is -0.321. The zero-order valence-electron chi connectivity index (χ0n) is 22.8. The summed E-state index contributed by atoms with van der Waals surface area (Å²) in [5.74, 6) is 4.29. The first kappa shape index (κ1) is 25.5. The third-order valence-corrected chi connectivity index (χ3v) is 11.5. The predicted octanol–water partition coefficient (Wildman–Crippen LogP) is 7.96. The van der Waals surface area contributed by atoms with Crippen LogP contribution in [0, 0.1) is 46.3 Å². The van der Waals surface area contributed by atoms with Gasteiger partial charge in [0.2, 0.25) is 0 Å². The van der Waals surface area contributed by atoms with E-state index in [2.05, 4.69) is 48.1 Å². The van der Waals surface area contributed by atoms with Gasteiger partial charge in [0.1, 0.15) is 0 Å². The van der Waals surface area contributed by atoms with E-state index in [-0.39, 0.29) is 17.6 Å². The Morgan fingerprint density at radius 3 is 2.42 bits per heavy atom. The summed E-state index contributed by atoms with van der Waals surface area (Å²) in [6, 6.07) is 0. The van der Waals surface area contributed by atoms with Crippen LogP contribution in [0.3, 0.4) is 0 Å². The van der Waals surface area contributed by atoms with Crippen LogP contribution in [-0.4, -0.2) is 24.4 Å². The molecule has 0 aromatic carbocycles. The van der Waals surface area contributed by atoms with E-state index < -0.39 is 0 Å². The number of allylic oxidation sites excluding steroid dienone is 1. The quantitative estimate of drug-likeness (QED) is 0.394. The van der Waals surface area contributed by atoms with Crippen molar-refractivity contribution in [2.45, 2.75) is 118 Å². The van der Waals surface area contributed by atoms with Crippen LogP contribution >= 0.6 is 0 Å². The molecular weight excluding hydrogens is 404 g/mol. The summed E-state index contributed by atoms with van der Waals surface area (Å²) >= 11 is 0. The molecule has 0 aromatic rings. The van der Waals surface area contributed by atoms with Crippen molar-refractivity contribution in [3.8, 4) is 0 Å². The Hall–Kier alpha value is -0.600. The standard InChI is InChI=1S/C31H52O2/c1-9-22(19(2)3)11-10-20(4)23-12-13-24-29-25(14-16-30(23,24)6)31(7)17-15-27(32)21(5)26(31)18-28(29)33-8/h19-20,22-23,25-28,32H,5,9-18H2,1-4,6-8H3/t20-,22+,23-,25+,26+,27+,28-,30-,31-/m1/s1. The molecule has 0 aromatic heterocycles. The Morgan fingerprint density at radius 1 is 1.06 bits per heavy atom. The Bertz CT molecular complexity index is 765. The van der Waals surface area contributed by atoms with Gasteiger partial charge in [0.15, 0.2) is 0 Å². The molecule has 0 aliphatic heterocycles. The monoisotopic (exact) mass is 456 g/mol. The van der Waals surface area contributed by atoms with Gasteiger partial charge < -0.3 is 9.84 Å². The zero-order valence-corrected chi connectivity index (χ0v) is 22.8. The molecule has 0 amide bonds. The first-order chi connectivity index (χ1) is 15.6. The maximum absolute atomic E-state index is 10.6. The maximum atomic E-state index is 10.6. The first-order valence-electron chi connectivity index (χ1n) is 14.2. The molecule has 9 atom stereocenters. The lowest BCUT2D eigenvalue weighted by molar-refractivity contribution is -0.0436. The molecule has 2 nitrogen and oxygen atoms in total. The van der Waals surface area contributed by atoms with Crippen molar-refractivity contribution < 1.29 is 9.84 Å². The smallest absolute Gasteiger partial charge is 0.0792 e.